The minimum absolute atomic E-state index is 0.191. The van der Waals surface area contributed by atoms with E-state index < -0.39 is 0 Å². The molecule has 1 unspecified atom stereocenters. The number of aromatic nitrogens is 3. The van der Waals surface area contributed by atoms with Crippen molar-refractivity contribution in [2.24, 2.45) is 5.73 Å². The Kier molecular flexibility index (Phi) is 6.27. The first-order valence-corrected chi connectivity index (χ1v) is 13.4. The number of hydrogen-bond donors (Lipinski definition) is 2. The van der Waals surface area contributed by atoms with Gasteiger partial charge >= 0.3 is 0 Å². The molecule has 1 amide bonds. The quantitative estimate of drug-likeness (QED) is 0.425. The Hall–Kier alpha value is -3.91. The molecule has 1 saturated heterocycles. The number of nitrogens with one attached hydrogen (secondary N) is 1. The zero-order valence-corrected chi connectivity index (χ0v) is 22.4. The van der Waals surface area contributed by atoms with Crippen LogP contribution in [0.15, 0.2) is 48.7 Å². The number of carbonyl (C=O) groups excluding carboxylic acids is 1. The van der Waals surface area contributed by atoms with Gasteiger partial charge in [-0.25, -0.2) is 9.97 Å². The lowest BCUT2D eigenvalue weighted by molar-refractivity contribution is -0.119. The lowest BCUT2D eigenvalue weighted by atomic mass is 10.0. The van der Waals surface area contributed by atoms with Gasteiger partial charge in [-0.2, -0.15) is 0 Å². The third kappa shape index (κ3) is 4.39. The summed E-state index contributed by atoms with van der Waals surface area (Å²) in [7, 11) is 0. The predicted molar refractivity (Wildman–Crippen MR) is 152 cm³/mol. The van der Waals surface area contributed by atoms with Crippen molar-refractivity contribution in [1.29, 1.82) is 0 Å². The molecule has 0 radical (unpaired) electrons. The van der Waals surface area contributed by atoms with Crippen LogP contribution in [0, 0.1) is 13.8 Å². The fourth-order valence-corrected chi connectivity index (χ4v) is 6.07. The van der Waals surface area contributed by atoms with Crippen LogP contribution in [-0.4, -0.2) is 64.5 Å². The molecule has 8 nitrogen and oxygen atoms in total. The van der Waals surface area contributed by atoms with Crippen molar-refractivity contribution >= 4 is 28.3 Å². The molecule has 0 spiro atoms. The Morgan fingerprint density at radius 2 is 1.87 bits per heavy atom. The van der Waals surface area contributed by atoms with Crippen LogP contribution in [0.2, 0.25) is 0 Å². The Morgan fingerprint density at radius 1 is 1.03 bits per heavy atom. The number of amides is 1. The minimum Gasteiger partial charge on any atom is -0.369 e. The van der Waals surface area contributed by atoms with E-state index in [-0.39, 0.29) is 18.5 Å². The first kappa shape index (κ1) is 24.4. The Balaban J connectivity index is 1.44. The molecular formula is C30H35N7O. The van der Waals surface area contributed by atoms with Crippen molar-refractivity contribution < 1.29 is 4.79 Å². The number of piperazine rings is 1. The van der Waals surface area contributed by atoms with Crippen LogP contribution in [-0.2, 0) is 17.8 Å². The highest BCUT2D eigenvalue weighted by Crippen LogP contribution is 2.36. The standard InChI is InChI=1S/C30H35N7O/c1-19-7-4-5-10-26(19)36-12-11-24-23(17-36)30(37-14-13-35(18-27(31)38)21(3)16-37)34-29(33-24)22-8-6-9-25-28(22)20(2)15-32-25/h4-10,15,21,32H,11-14,16-18H2,1-3H3,(H2,31,38). The lowest BCUT2D eigenvalue weighted by Crippen LogP contribution is -2.54. The Morgan fingerprint density at radius 3 is 2.66 bits per heavy atom. The second-order valence-corrected chi connectivity index (χ2v) is 10.7. The van der Waals surface area contributed by atoms with Crippen molar-refractivity contribution in [2.75, 3.05) is 42.5 Å². The van der Waals surface area contributed by atoms with E-state index in [1.807, 2.05) is 6.20 Å². The smallest absolute Gasteiger partial charge is 0.231 e. The maximum atomic E-state index is 11.6. The topological polar surface area (TPSA) is 94.4 Å². The summed E-state index contributed by atoms with van der Waals surface area (Å²) < 4.78 is 0. The molecule has 1 atom stereocenters. The van der Waals surface area contributed by atoms with Crippen molar-refractivity contribution in [2.45, 2.75) is 39.8 Å². The maximum absolute atomic E-state index is 11.6. The van der Waals surface area contributed by atoms with Crippen molar-refractivity contribution in [3.8, 4) is 11.4 Å². The number of H-pyrrole nitrogens is 1. The van der Waals surface area contributed by atoms with Gasteiger partial charge in [-0.1, -0.05) is 30.3 Å². The number of hydrogen-bond acceptors (Lipinski definition) is 6. The highest BCUT2D eigenvalue weighted by molar-refractivity contribution is 5.96. The normalized spacial score (nSPS) is 18.1. The molecular weight excluding hydrogens is 474 g/mol. The number of para-hydroxylation sites is 1. The van der Waals surface area contributed by atoms with Crippen LogP contribution in [0.1, 0.15) is 29.3 Å². The Bertz CT molecular complexity index is 1510. The summed E-state index contributed by atoms with van der Waals surface area (Å²) >= 11 is 0. The number of aryl methyl sites for hydroxylation is 2. The summed E-state index contributed by atoms with van der Waals surface area (Å²) in [6.45, 7) is 10.8. The largest absolute Gasteiger partial charge is 0.369 e. The first-order valence-electron chi connectivity index (χ1n) is 13.4. The SMILES string of the molecule is Cc1ccccc1N1CCc2nc(-c3cccc4[nH]cc(C)c34)nc(N3CCN(CC(N)=O)C(C)C3)c2C1. The second kappa shape index (κ2) is 9.76. The average Bonchev–Trinajstić information content (AvgIpc) is 3.30. The van der Waals surface area contributed by atoms with Crippen LogP contribution in [0.25, 0.3) is 22.3 Å². The van der Waals surface area contributed by atoms with Crippen LogP contribution in [0.5, 0.6) is 0 Å². The van der Waals surface area contributed by atoms with Gasteiger partial charge in [0.05, 0.1) is 12.2 Å². The number of carbonyl (C=O) groups is 1. The molecule has 0 saturated carbocycles. The molecule has 2 aromatic carbocycles. The van der Waals surface area contributed by atoms with Gasteiger partial charge in [0.25, 0.3) is 0 Å². The van der Waals surface area contributed by atoms with E-state index in [4.69, 9.17) is 15.7 Å². The molecule has 196 valence electrons. The van der Waals surface area contributed by atoms with Gasteiger partial charge in [-0.3, -0.25) is 9.69 Å². The molecule has 4 aromatic rings. The first-order chi connectivity index (χ1) is 18.4. The highest BCUT2D eigenvalue weighted by atomic mass is 16.1. The summed E-state index contributed by atoms with van der Waals surface area (Å²) in [6.07, 6.45) is 2.92. The van der Waals surface area contributed by atoms with Gasteiger partial charge in [0.2, 0.25) is 5.91 Å². The average molecular weight is 510 g/mol. The number of nitrogens with two attached hydrogens (primary N) is 1. The number of nitrogens with zero attached hydrogens (tertiary/aromatic N) is 5. The number of primary amides is 1. The summed E-state index contributed by atoms with van der Waals surface area (Å²) in [5.41, 5.74) is 13.7. The maximum Gasteiger partial charge on any atom is 0.231 e. The molecule has 2 aromatic heterocycles. The number of aromatic amines is 1. The van der Waals surface area contributed by atoms with Gasteiger partial charge in [0.15, 0.2) is 5.82 Å². The zero-order chi connectivity index (χ0) is 26.4. The Labute approximate surface area is 223 Å². The second-order valence-electron chi connectivity index (χ2n) is 10.7. The van der Waals surface area contributed by atoms with E-state index in [1.54, 1.807) is 0 Å². The third-order valence-corrected chi connectivity index (χ3v) is 8.06. The van der Waals surface area contributed by atoms with Crippen molar-refractivity contribution in [1.82, 2.24) is 19.9 Å². The minimum atomic E-state index is -0.282. The van der Waals surface area contributed by atoms with E-state index in [1.165, 1.54) is 27.8 Å². The van der Waals surface area contributed by atoms with Gasteiger partial charge < -0.3 is 20.5 Å². The van der Waals surface area contributed by atoms with Gasteiger partial charge in [0.1, 0.15) is 5.82 Å². The number of benzene rings is 2. The fourth-order valence-electron chi connectivity index (χ4n) is 6.07. The molecule has 6 rings (SSSR count). The van der Waals surface area contributed by atoms with E-state index in [0.717, 1.165) is 67.6 Å². The van der Waals surface area contributed by atoms with Crippen molar-refractivity contribution in [3.05, 3.63) is 71.0 Å². The van der Waals surface area contributed by atoms with Crippen LogP contribution in [0.4, 0.5) is 11.5 Å². The number of rotatable bonds is 5. The van der Waals surface area contributed by atoms with Crippen molar-refractivity contribution in [3.63, 3.8) is 0 Å². The van der Waals surface area contributed by atoms with E-state index in [2.05, 4.69) is 82.9 Å². The van der Waals surface area contributed by atoms with Gasteiger partial charge in [-0.15, -0.1) is 0 Å². The van der Waals surface area contributed by atoms with E-state index in [0.29, 0.717) is 0 Å². The van der Waals surface area contributed by atoms with E-state index in [9.17, 15) is 4.79 Å². The molecule has 8 heteroatoms. The summed E-state index contributed by atoms with van der Waals surface area (Å²) in [4.78, 5) is 32.5. The van der Waals surface area contributed by atoms with Crippen LogP contribution in [0.3, 0.4) is 0 Å². The highest BCUT2D eigenvalue weighted by Gasteiger charge is 2.31. The molecule has 1 fully saturated rings. The fraction of sp³-hybridized carbons (Fsp3) is 0.367. The van der Waals surface area contributed by atoms with Crippen LogP contribution < -0.4 is 15.5 Å². The third-order valence-electron chi connectivity index (χ3n) is 8.06. The summed E-state index contributed by atoms with van der Waals surface area (Å²) in [5.74, 6) is 1.51. The summed E-state index contributed by atoms with van der Waals surface area (Å²) in [5, 5.41) is 1.18. The molecule has 38 heavy (non-hydrogen) atoms. The molecule has 2 aliphatic heterocycles. The van der Waals surface area contributed by atoms with Gasteiger partial charge in [-0.05, 0) is 44.0 Å². The molecule has 4 heterocycles. The monoisotopic (exact) mass is 509 g/mol. The number of anilines is 2. The number of fused-ring (bicyclic) bond motifs is 2. The van der Waals surface area contributed by atoms with Gasteiger partial charge in [0, 0.05) is 79.1 Å². The van der Waals surface area contributed by atoms with E-state index >= 15 is 0 Å². The molecule has 2 aliphatic rings. The predicted octanol–water partition coefficient (Wildman–Crippen LogP) is 3.80. The van der Waals surface area contributed by atoms with Crippen LogP contribution >= 0.6 is 0 Å². The summed E-state index contributed by atoms with van der Waals surface area (Å²) in [6, 6.07) is 15.1. The molecule has 0 bridgehead atoms. The lowest BCUT2D eigenvalue weighted by Gasteiger charge is -2.41. The molecule has 0 aliphatic carbocycles. The zero-order valence-electron chi connectivity index (χ0n) is 22.4. The molecule has 3 N–H and O–H groups in total.